The number of pyridine rings is 1. The zero-order valence-electron chi connectivity index (χ0n) is 10.3. The van der Waals surface area contributed by atoms with Crippen LogP contribution in [0.2, 0.25) is 0 Å². The van der Waals surface area contributed by atoms with E-state index in [1.807, 2.05) is 0 Å². The zero-order valence-corrected chi connectivity index (χ0v) is 11.1. The minimum Gasteiger partial charge on any atom is -0.481 e. The van der Waals surface area contributed by atoms with Gasteiger partial charge < -0.3 is 5.11 Å². The first kappa shape index (κ1) is 14.6. The van der Waals surface area contributed by atoms with Crippen molar-refractivity contribution in [1.29, 1.82) is 0 Å². The summed E-state index contributed by atoms with van der Waals surface area (Å²) < 4.78 is 25.5. The van der Waals surface area contributed by atoms with Gasteiger partial charge >= 0.3 is 5.97 Å². The van der Waals surface area contributed by atoms with Gasteiger partial charge in [0.05, 0.1) is 0 Å². The number of hydrogen-bond acceptors (Lipinski definition) is 4. The summed E-state index contributed by atoms with van der Waals surface area (Å²) in [6.07, 6.45) is 3.06. The van der Waals surface area contributed by atoms with Gasteiger partial charge in [0.15, 0.2) is 0 Å². The number of carbonyl (C=O) groups is 1. The number of rotatable bonds is 6. The van der Waals surface area contributed by atoms with Crippen LogP contribution in [0.4, 0.5) is 0 Å². The van der Waals surface area contributed by atoms with Crippen molar-refractivity contribution in [3.63, 3.8) is 0 Å². The standard InChI is InChI=1S/C11H16N2O4S/c1-9-5-6-12-8-10(9)18(16,17)13(2)7-3-4-11(14)15/h5-6,8H,3-4,7H2,1-2H3,(H,14,15). The lowest BCUT2D eigenvalue weighted by atomic mass is 10.3. The molecule has 1 aromatic heterocycles. The van der Waals surface area contributed by atoms with Crippen molar-refractivity contribution in [2.45, 2.75) is 24.7 Å². The Balaban J connectivity index is 2.81. The van der Waals surface area contributed by atoms with E-state index in [9.17, 15) is 13.2 Å². The van der Waals surface area contributed by atoms with Crippen LogP contribution in [0.5, 0.6) is 0 Å². The summed E-state index contributed by atoms with van der Waals surface area (Å²) in [6, 6.07) is 1.62. The normalized spacial score (nSPS) is 11.7. The van der Waals surface area contributed by atoms with Gasteiger partial charge in [0.25, 0.3) is 0 Å². The lowest BCUT2D eigenvalue weighted by Crippen LogP contribution is -2.29. The molecule has 7 heteroatoms. The van der Waals surface area contributed by atoms with Crippen LogP contribution < -0.4 is 0 Å². The zero-order chi connectivity index (χ0) is 13.8. The smallest absolute Gasteiger partial charge is 0.303 e. The predicted octanol–water partition coefficient (Wildman–Crippen LogP) is 0.875. The van der Waals surface area contributed by atoms with Gasteiger partial charge in [0.2, 0.25) is 10.0 Å². The van der Waals surface area contributed by atoms with Crippen LogP contribution in [0.3, 0.4) is 0 Å². The van der Waals surface area contributed by atoms with Gasteiger partial charge in [-0.15, -0.1) is 0 Å². The molecule has 1 N–H and O–H groups in total. The Hall–Kier alpha value is -1.47. The molecule has 0 saturated heterocycles. The molecular formula is C11H16N2O4S. The highest BCUT2D eigenvalue weighted by molar-refractivity contribution is 7.89. The van der Waals surface area contributed by atoms with E-state index in [1.54, 1.807) is 13.0 Å². The molecule has 0 unspecified atom stereocenters. The summed E-state index contributed by atoms with van der Waals surface area (Å²) in [7, 11) is -2.16. The Morgan fingerprint density at radius 3 is 2.72 bits per heavy atom. The first-order valence-electron chi connectivity index (χ1n) is 5.44. The van der Waals surface area contributed by atoms with Crippen molar-refractivity contribution in [2.75, 3.05) is 13.6 Å². The Labute approximate surface area is 106 Å². The fourth-order valence-electron chi connectivity index (χ4n) is 1.46. The number of nitrogens with zero attached hydrogens (tertiary/aromatic N) is 2. The first-order valence-corrected chi connectivity index (χ1v) is 6.88. The molecule has 18 heavy (non-hydrogen) atoms. The molecule has 100 valence electrons. The van der Waals surface area contributed by atoms with Crippen molar-refractivity contribution in [2.24, 2.45) is 0 Å². The topological polar surface area (TPSA) is 87.6 Å². The van der Waals surface area contributed by atoms with Gasteiger partial charge in [-0.2, -0.15) is 0 Å². The van der Waals surface area contributed by atoms with Gasteiger partial charge in [0, 0.05) is 32.4 Å². The molecule has 0 fully saturated rings. The largest absolute Gasteiger partial charge is 0.481 e. The molecule has 0 radical (unpaired) electrons. The summed E-state index contributed by atoms with van der Waals surface area (Å²) in [5.41, 5.74) is 0.620. The highest BCUT2D eigenvalue weighted by Crippen LogP contribution is 2.17. The second kappa shape index (κ2) is 5.92. The van der Waals surface area contributed by atoms with E-state index in [-0.39, 0.29) is 24.3 Å². The van der Waals surface area contributed by atoms with Crippen molar-refractivity contribution in [3.8, 4) is 0 Å². The molecule has 1 heterocycles. The molecule has 0 amide bonds. The van der Waals surface area contributed by atoms with Crippen molar-refractivity contribution in [3.05, 3.63) is 24.0 Å². The number of sulfonamides is 1. The molecule has 0 aromatic carbocycles. The fraction of sp³-hybridized carbons (Fsp3) is 0.455. The van der Waals surface area contributed by atoms with E-state index < -0.39 is 16.0 Å². The minimum absolute atomic E-state index is 0.0497. The maximum atomic E-state index is 12.2. The van der Waals surface area contributed by atoms with Crippen LogP contribution >= 0.6 is 0 Å². The van der Waals surface area contributed by atoms with E-state index in [0.29, 0.717) is 5.56 Å². The quantitative estimate of drug-likeness (QED) is 0.830. The van der Waals surface area contributed by atoms with Crippen LogP contribution in [0.15, 0.2) is 23.4 Å². The van der Waals surface area contributed by atoms with Gasteiger partial charge in [-0.1, -0.05) is 0 Å². The summed E-state index contributed by atoms with van der Waals surface area (Å²) >= 11 is 0. The average Bonchev–Trinajstić information content (AvgIpc) is 2.28. The van der Waals surface area contributed by atoms with E-state index >= 15 is 0 Å². The van der Waals surface area contributed by atoms with Gasteiger partial charge in [-0.3, -0.25) is 9.78 Å². The maximum Gasteiger partial charge on any atom is 0.303 e. The van der Waals surface area contributed by atoms with E-state index in [4.69, 9.17) is 5.11 Å². The van der Waals surface area contributed by atoms with Crippen LogP contribution in [0, 0.1) is 6.92 Å². The second-order valence-corrected chi connectivity index (χ2v) is 5.98. The van der Waals surface area contributed by atoms with Crippen LogP contribution in [0.1, 0.15) is 18.4 Å². The first-order chi connectivity index (χ1) is 8.35. The number of aliphatic carboxylic acids is 1. The third kappa shape index (κ3) is 3.51. The van der Waals surface area contributed by atoms with E-state index in [0.717, 1.165) is 4.31 Å². The summed E-state index contributed by atoms with van der Waals surface area (Å²) in [5.74, 6) is -0.932. The van der Waals surface area contributed by atoms with Gasteiger partial charge in [-0.05, 0) is 25.0 Å². The van der Waals surface area contributed by atoms with Crippen molar-refractivity contribution < 1.29 is 18.3 Å². The number of aromatic nitrogens is 1. The van der Waals surface area contributed by atoms with Gasteiger partial charge in [-0.25, -0.2) is 12.7 Å². The highest BCUT2D eigenvalue weighted by atomic mass is 32.2. The number of aryl methyl sites for hydroxylation is 1. The van der Waals surface area contributed by atoms with E-state index in [1.165, 1.54) is 19.4 Å². The SMILES string of the molecule is Cc1ccncc1S(=O)(=O)N(C)CCCC(=O)O. The summed E-state index contributed by atoms with van der Waals surface area (Å²) in [5, 5.41) is 8.51. The van der Waals surface area contributed by atoms with Gasteiger partial charge in [0.1, 0.15) is 4.90 Å². The van der Waals surface area contributed by atoms with Crippen LogP contribution in [0.25, 0.3) is 0 Å². The van der Waals surface area contributed by atoms with E-state index in [2.05, 4.69) is 4.98 Å². The number of carboxylic acids is 1. The van der Waals surface area contributed by atoms with Crippen LogP contribution in [-0.2, 0) is 14.8 Å². The lowest BCUT2D eigenvalue weighted by molar-refractivity contribution is -0.137. The third-order valence-corrected chi connectivity index (χ3v) is 4.53. The molecule has 1 rings (SSSR count). The lowest BCUT2D eigenvalue weighted by Gasteiger charge is -2.17. The monoisotopic (exact) mass is 272 g/mol. The minimum atomic E-state index is -3.59. The molecule has 0 atom stereocenters. The second-order valence-electron chi connectivity index (χ2n) is 3.97. The molecule has 0 saturated carbocycles. The summed E-state index contributed by atoms with van der Waals surface area (Å²) in [6.45, 7) is 1.86. The molecule has 0 bridgehead atoms. The highest BCUT2D eigenvalue weighted by Gasteiger charge is 2.22. The molecule has 0 aliphatic rings. The maximum absolute atomic E-state index is 12.2. The Morgan fingerprint density at radius 1 is 1.50 bits per heavy atom. The number of hydrogen-bond donors (Lipinski definition) is 1. The molecular weight excluding hydrogens is 256 g/mol. The Morgan fingerprint density at radius 2 is 2.17 bits per heavy atom. The third-order valence-electron chi connectivity index (χ3n) is 2.54. The predicted molar refractivity (Wildman–Crippen MR) is 65.7 cm³/mol. The molecule has 0 aliphatic heterocycles. The molecule has 1 aromatic rings. The summed E-state index contributed by atoms with van der Waals surface area (Å²) in [4.78, 5) is 14.3. The van der Waals surface area contributed by atoms with Crippen molar-refractivity contribution >= 4 is 16.0 Å². The average molecular weight is 272 g/mol. The molecule has 0 aliphatic carbocycles. The fourth-order valence-corrected chi connectivity index (χ4v) is 2.83. The van der Waals surface area contributed by atoms with Crippen molar-refractivity contribution in [1.82, 2.24) is 9.29 Å². The number of carboxylic acid groups (broad SMARTS) is 1. The molecule has 0 spiro atoms. The Bertz CT molecular complexity index is 528. The Kier molecular flexibility index (Phi) is 4.80. The van der Waals surface area contributed by atoms with Crippen LogP contribution in [-0.4, -0.2) is 42.4 Å². The molecule has 6 nitrogen and oxygen atoms in total.